The monoisotopic (exact) mass is 280 g/mol. The van der Waals surface area contributed by atoms with Crippen LogP contribution in [0.2, 0.25) is 0 Å². The molecule has 5 heteroatoms. The first-order valence-corrected chi connectivity index (χ1v) is 6.77. The molecule has 0 heterocycles. The third-order valence-electron chi connectivity index (χ3n) is 2.72. The lowest BCUT2D eigenvalue weighted by molar-refractivity contribution is -0.140. The van der Waals surface area contributed by atoms with Gasteiger partial charge in [-0.25, -0.2) is 0 Å². The first-order valence-electron chi connectivity index (χ1n) is 6.37. The van der Waals surface area contributed by atoms with Crippen LogP contribution in [0.15, 0.2) is 24.3 Å². The zero-order valence-electron chi connectivity index (χ0n) is 11.4. The molecule has 0 saturated heterocycles. The number of aryl methyl sites for hydroxylation is 1. The van der Waals surface area contributed by atoms with E-state index in [1.807, 2.05) is 18.2 Å². The molecule has 2 N–H and O–H groups in total. The Balaban J connectivity index is 2.33. The highest BCUT2D eigenvalue weighted by atomic mass is 32.1. The highest BCUT2D eigenvalue weighted by Crippen LogP contribution is 2.14. The minimum atomic E-state index is -0.197. The van der Waals surface area contributed by atoms with Crippen molar-refractivity contribution < 1.29 is 9.53 Å². The number of carbonyl (C=O) groups is 1. The Morgan fingerprint density at radius 3 is 2.79 bits per heavy atom. The second-order valence-electron chi connectivity index (χ2n) is 4.07. The molecule has 1 aromatic rings. The van der Waals surface area contributed by atoms with Crippen LogP contribution in [-0.2, 0) is 16.0 Å². The van der Waals surface area contributed by atoms with Crippen molar-refractivity contribution in [3.05, 3.63) is 29.8 Å². The molecule has 4 nitrogen and oxygen atoms in total. The second-order valence-corrected chi connectivity index (χ2v) is 4.48. The number of carbonyl (C=O) groups excluding carboxylic acids is 1. The van der Waals surface area contributed by atoms with Crippen molar-refractivity contribution in [3.63, 3.8) is 0 Å². The molecule has 0 bridgehead atoms. The fourth-order valence-corrected chi connectivity index (χ4v) is 1.87. The summed E-state index contributed by atoms with van der Waals surface area (Å²) in [7, 11) is 1.39. The van der Waals surface area contributed by atoms with E-state index < -0.39 is 0 Å². The van der Waals surface area contributed by atoms with E-state index in [0.29, 0.717) is 24.5 Å². The van der Waals surface area contributed by atoms with Crippen LogP contribution in [-0.4, -0.2) is 24.7 Å². The highest BCUT2D eigenvalue weighted by molar-refractivity contribution is 7.80. The summed E-state index contributed by atoms with van der Waals surface area (Å²) in [6, 6.07) is 8.06. The number of ether oxygens (including phenoxy) is 1. The zero-order valence-corrected chi connectivity index (χ0v) is 12.2. The Hall–Kier alpha value is -1.62. The summed E-state index contributed by atoms with van der Waals surface area (Å²) < 4.78 is 4.57. The first-order chi connectivity index (χ1) is 9.17. The number of hydrogen-bond acceptors (Lipinski definition) is 3. The SMILES string of the molecule is CCc1ccccc1NC(=S)NCCCC(=O)OC. The van der Waals surface area contributed by atoms with Crippen LogP contribution in [0.25, 0.3) is 0 Å². The highest BCUT2D eigenvalue weighted by Gasteiger charge is 2.03. The summed E-state index contributed by atoms with van der Waals surface area (Å²) in [6.07, 6.45) is 2.05. The third-order valence-corrected chi connectivity index (χ3v) is 2.96. The van der Waals surface area contributed by atoms with Gasteiger partial charge in [-0.05, 0) is 36.7 Å². The number of rotatable bonds is 6. The summed E-state index contributed by atoms with van der Waals surface area (Å²) in [4.78, 5) is 10.9. The number of anilines is 1. The quantitative estimate of drug-likeness (QED) is 0.476. The zero-order chi connectivity index (χ0) is 14.1. The number of nitrogens with one attached hydrogen (secondary N) is 2. The standard InChI is InChI=1S/C14H20N2O2S/c1-3-11-7-4-5-8-12(11)16-14(19)15-10-6-9-13(17)18-2/h4-5,7-8H,3,6,9-10H2,1-2H3,(H2,15,16,19). The van der Waals surface area contributed by atoms with Gasteiger partial charge in [-0.3, -0.25) is 4.79 Å². The van der Waals surface area contributed by atoms with Crippen LogP contribution in [0.3, 0.4) is 0 Å². The third kappa shape index (κ3) is 5.70. The summed E-state index contributed by atoms with van der Waals surface area (Å²) in [5, 5.41) is 6.82. The van der Waals surface area contributed by atoms with Gasteiger partial charge in [0.05, 0.1) is 7.11 Å². The number of esters is 1. The smallest absolute Gasteiger partial charge is 0.305 e. The van der Waals surface area contributed by atoms with Crippen LogP contribution in [0.5, 0.6) is 0 Å². The van der Waals surface area contributed by atoms with E-state index in [9.17, 15) is 4.79 Å². The van der Waals surface area contributed by atoms with Gasteiger partial charge in [0.2, 0.25) is 0 Å². The van der Waals surface area contributed by atoms with Crippen molar-refractivity contribution in [2.45, 2.75) is 26.2 Å². The van der Waals surface area contributed by atoms with Gasteiger partial charge in [0, 0.05) is 18.7 Å². The van der Waals surface area contributed by atoms with Crippen LogP contribution < -0.4 is 10.6 Å². The summed E-state index contributed by atoms with van der Waals surface area (Å²) in [5.41, 5.74) is 2.25. The summed E-state index contributed by atoms with van der Waals surface area (Å²) in [6.45, 7) is 2.75. The molecule has 0 atom stereocenters. The van der Waals surface area contributed by atoms with E-state index in [0.717, 1.165) is 12.1 Å². The van der Waals surface area contributed by atoms with Crippen molar-refractivity contribution in [2.75, 3.05) is 19.0 Å². The van der Waals surface area contributed by atoms with E-state index in [1.165, 1.54) is 12.7 Å². The van der Waals surface area contributed by atoms with Gasteiger partial charge >= 0.3 is 5.97 Å². The second kappa shape index (κ2) is 8.48. The molecule has 0 saturated carbocycles. The molecule has 0 aliphatic rings. The lowest BCUT2D eigenvalue weighted by Gasteiger charge is -2.13. The van der Waals surface area contributed by atoms with E-state index in [2.05, 4.69) is 28.4 Å². The lowest BCUT2D eigenvalue weighted by atomic mass is 10.1. The minimum absolute atomic E-state index is 0.197. The maximum absolute atomic E-state index is 10.9. The van der Waals surface area contributed by atoms with Crippen molar-refractivity contribution in [1.82, 2.24) is 5.32 Å². The fraction of sp³-hybridized carbons (Fsp3) is 0.429. The summed E-state index contributed by atoms with van der Waals surface area (Å²) in [5.74, 6) is -0.197. The number of benzene rings is 1. The molecule has 19 heavy (non-hydrogen) atoms. The first kappa shape index (κ1) is 15.4. The molecule has 0 aromatic heterocycles. The van der Waals surface area contributed by atoms with Crippen LogP contribution in [0, 0.1) is 0 Å². The van der Waals surface area contributed by atoms with E-state index in [4.69, 9.17) is 12.2 Å². The van der Waals surface area contributed by atoms with E-state index in [-0.39, 0.29) is 5.97 Å². The van der Waals surface area contributed by atoms with E-state index in [1.54, 1.807) is 0 Å². The molecule has 104 valence electrons. The Morgan fingerprint density at radius 1 is 1.37 bits per heavy atom. The minimum Gasteiger partial charge on any atom is -0.469 e. The van der Waals surface area contributed by atoms with Gasteiger partial charge in [0.1, 0.15) is 0 Å². The van der Waals surface area contributed by atoms with Gasteiger partial charge < -0.3 is 15.4 Å². The Kier molecular flexibility index (Phi) is 6.89. The van der Waals surface area contributed by atoms with Gasteiger partial charge in [0.15, 0.2) is 5.11 Å². The molecule has 0 aliphatic carbocycles. The molecule has 0 radical (unpaired) electrons. The molecular formula is C14H20N2O2S. The molecule has 0 amide bonds. The average Bonchev–Trinajstić information content (AvgIpc) is 2.43. The van der Waals surface area contributed by atoms with Crippen molar-refractivity contribution in [1.29, 1.82) is 0 Å². The lowest BCUT2D eigenvalue weighted by Crippen LogP contribution is -2.29. The number of hydrogen-bond donors (Lipinski definition) is 2. The topological polar surface area (TPSA) is 50.4 Å². The normalized spacial score (nSPS) is 9.79. The molecular weight excluding hydrogens is 260 g/mol. The van der Waals surface area contributed by atoms with Crippen LogP contribution in [0.1, 0.15) is 25.3 Å². The maximum Gasteiger partial charge on any atom is 0.305 e. The number of methoxy groups -OCH3 is 1. The predicted octanol–water partition coefficient (Wildman–Crippen LogP) is 2.49. The van der Waals surface area contributed by atoms with Crippen LogP contribution in [0.4, 0.5) is 5.69 Å². The fourth-order valence-electron chi connectivity index (χ4n) is 1.65. The van der Waals surface area contributed by atoms with Crippen molar-refractivity contribution in [3.8, 4) is 0 Å². The van der Waals surface area contributed by atoms with Crippen molar-refractivity contribution in [2.24, 2.45) is 0 Å². The van der Waals surface area contributed by atoms with Gasteiger partial charge in [-0.2, -0.15) is 0 Å². The van der Waals surface area contributed by atoms with Gasteiger partial charge in [0.25, 0.3) is 0 Å². The predicted molar refractivity (Wildman–Crippen MR) is 81.3 cm³/mol. The largest absolute Gasteiger partial charge is 0.469 e. The van der Waals surface area contributed by atoms with Crippen LogP contribution >= 0.6 is 12.2 Å². The summed E-state index contributed by atoms with van der Waals surface area (Å²) >= 11 is 5.21. The maximum atomic E-state index is 10.9. The number of para-hydroxylation sites is 1. The van der Waals surface area contributed by atoms with E-state index >= 15 is 0 Å². The van der Waals surface area contributed by atoms with Crippen molar-refractivity contribution >= 4 is 29.0 Å². The number of thiocarbonyl (C=S) groups is 1. The molecule has 0 aliphatic heterocycles. The molecule has 1 aromatic carbocycles. The molecule has 1 rings (SSSR count). The average molecular weight is 280 g/mol. The Bertz CT molecular complexity index is 435. The molecule has 0 fully saturated rings. The Labute approximate surface area is 119 Å². The van der Waals surface area contributed by atoms with Gasteiger partial charge in [-0.1, -0.05) is 25.1 Å². The molecule has 0 unspecified atom stereocenters. The Morgan fingerprint density at radius 2 is 2.11 bits per heavy atom. The van der Waals surface area contributed by atoms with Gasteiger partial charge in [-0.15, -0.1) is 0 Å². The molecule has 0 spiro atoms.